The van der Waals surface area contributed by atoms with Crippen molar-refractivity contribution < 1.29 is 18.7 Å². The molecule has 4 aliphatic rings. The standard InChI is InChI=1S/C22H24FN5O3/c1-13-10-24-11-18(25-13)31-20(30)28-22-8-14-5-15(9-22)7-21(6-14,12-22)27-19(29)16-3-2-4-17(23)26-16/h2-4,10-11,14-15H,5-9,12H2,1H3,(H,27,29)(H,28,30). The lowest BCUT2D eigenvalue weighted by atomic mass is 9.50. The summed E-state index contributed by atoms with van der Waals surface area (Å²) in [6.45, 7) is 1.77. The van der Waals surface area contributed by atoms with Gasteiger partial charge in [-0.25, -0.2) is 14.8 Å². The van der Waals surface area contributed by atoms with Crippen LogP contribution >= 0.6 is 0 Å². The molecule has 6 rings (SSSR count). The number of pyridine rings is 1. The topological polar surface area (TPSA) is 106 Å². The van der Waals surface area contributed by atoms with Gasteiger partial charge in [-0.3, -0.25) is 9.78 Å². The summed E-state index contributed by atoms with van der Waals surface area (Å²) in [5.41, 5.74) is -0.157. The lowest BCUT2D eigenvalue weighted by Gasteiger charge is -2.61. The van der Waals surface area contributed by atoms with Crippen LogP contribution in [0.5, 0.6) is 5.88 Å². The fourth-order valence-electron chi connectivity index (χ4n) is 6.22. The van der Waals surface area contributed by atoms with Crippen molar-refractivity contribution >= 4 is 12.0 Å². The van der Waals surface area contributed by atoms with E-state index >= 15 is 0 Å². The Hall–Kier alpha value is -3.10. The Balaban J connectivity index is 1.32. The van der Waals surface area contributed by atoms with Crippen molar-refractivity contribution in [3.8, 4) is 5.88 Å². The van der Waals surface area contributed by atoms with Crippen molar-refractivity contribution in [3.63, 3.8) is 0 Å². The van der Waals surface area contributed by atoms with Crippen LogP contribution in [0.2, 0.25) is 0 Å². The van der Waals surface area contributed by atoms with Gasteiger partial charge in [0.2, 0.25) is 11.8 Å². The van der Waals surface area contributed by atoms with Gasteiger partial charge in [-0.15, -0.1) is 0 Å². The molecule has 4 saturated carbocycles. The third kappa shape index (κ3) is 3.96. The highest BCUT2D eigenvalue weighted by Crippen LogP contribution is 2.57. The van der Waals surface area contributed by atoms with Crippen LogP contribution < -0.4 is 15.4 Å². The number of carbonyl (C=O) groups excluding carboxylic acids is 2. The highest BCUT2D eigenvalue weighted by atomic mass is 19.1. The van der Waals surface area contributed by atoms with Crippen molar-refractivity contribution in [2.24, 2.45) is 11.8 Å². The molecule has 2 N–H and O–H groups in total. The molecule has 2 aromatic rings. The molecule has 2 heterocycles. The highest BCUT2D eigenvalue weighted by Gasteiger charge is 2.59. The van der Waals surface area contributed by atoms with Gasteiger partial charge in [-0.1, -0.05) is 6.07 Å². The second kappa shape index (κ2) is 7.25. The average Bonchev–Trinajstić information content (AvgIpc) is 2.66. The number of carbonyl (C=O) groups is 2. The smallest absolute Gasteiger partial charge is 0.390 e. The molecule has 162 valence electrons. The van der Waals surface area contributed by atoms with Crippen LogP contribution in [-0.4, -0.2) is 38.0 Å². The summed E-state index contributed by atoms with van der Waals surface area (Å²) >= 11 is 0. The van der Waals surface area contributed by atoms with Gasteiger partial charge in [0, 0.05) is 17.3 Å². The Morgan fingerprint density at radius 3 is 2.45 bits per heavy atom. The zero-order chi connectivity index (χ0) is 21.6. The Morgan fingerprint density at radius 2 is 1.77 bits per heavy atom. The Bertz CT molecular complexity index is 1030. The van der Waals surface area contributed by atoms with E-state index in [1.54, 1.807) is 13.1 Å². The molecule has 2 atom stereocenters. The number of nitrogens with one attached hydrogen (secondary N) is 2. The Labute approximate surface area is 179 Å². The summed E-state index contributed by atoms with van der Waals surface area (Å²) < 4.78 is 18.8. The number of halogens is 1. The first kappa shape index (κ1) is 19.8. The van der Waals surface area contributed by atoms with Gasteiger partial charge in [0.15, 0.2) is 0 Å². The molecular weight excluding hydrogens is 401 g/mol. The second-order valence-electron chi connectivity index (χ2n) is 9.33. The number of hydrogen-bond acceptors (Lipinski definition) is 6. The van der Waals surface area contributed by atoms with Crippen LogP contribution in [0.3, 0.4) is 0 Å². The van der Waals surface area contributed by atoms with Crippen LogP contribution in [0.15, 0.2) is 30.6 Å². The molecule has 0 saturated heterocycles. The first-order chi connectivity index (χ1) is 14.8. The third-order valence-electron chi connectivity index (χ3n) is 6.68. The molecule has 0 aromatic carbocycles. The van der Waals surface area contributed by atoms with Crippen LogP contribution in [0.25, 0.3) is 0 Å². The van der Waals surface area contributed by atoms with E-state index in [4.69, 9.17) is 4.74 Å². The lowest BCUT2D eigenvalue weighted by Crippen LogP contribution is -2.70. The molecule has 9 heteroatoms. The molecule has 8 nitrogen and oxygen atoms in total. The Morgan fingerprint density at radius 1 is 1.06 bits per heavy atom. The number of aryl methyl sites for hydroxylation is 1. The van der Waals surface area contributed by atoms with E-state index in [1.807, 2.05) is 0 Å². The fraction of sp³-hybridized carbons (Fsp3) is 0.500. The monoisotopic (exact) mass is 425 g/mol. The lowest BCUT2D eigenvalue weighted by molar-refractivity contribution is -0.0450. The number of ether oxygens (including phenoxy) is 1. The number of amides is 2. The minimum Gasteiger partial charge on any atom is -0.390 e. The van der Waals surface area contributed by atoms with Crippen molar-refractivity contribution in [3.05, 3.63) is 47.9 Å². The van der Waals surface area contributed by atoms with Gasteiger partial charge in [0.1, 0.15) is 5.69 Å². The summed E-state index contributed by atoms with van der Waals surface area (Å²) in [7, 11) is 0. The first-order valence-corrected chi connectivity index (χ1v) is 10.6. The predicted octanol–water partition coefficient (Wildman–Crippen LogP) is 2.93. The number of hydrogen-bond donors (Lipinski definition) is 2. The summed E-state index contributed by atoms with van der Waals surface area (Å²) in [6.07, 6.45) is 7.56. The second-order valence-corrected chi connectivity index (χ2v) is 9.33. The van der Waals surface area contributed by atoms with Crippen LogP contribution in [0.4, 0.5) is 9.18 Å². The largest absolute Gasteiger partial charge is 0.414 e. The summed E-state index contributed by atoms with van der Waals surface area (Å²) in [4.78, 5) is 37.3. The van der Waals surface area contributed by atoms with Gasteiger partial charge in [0.25, 0.3) is 5.91 Å². The van der Waals surface area contributed by atoms with Crippen molar-refractivity contribution in [2.75, 3.05) is 0 Å². The Kier molecular flexibility index (Phi) is 4.64. The van der Waals surface area contributed by atoms with E-state index in [1.165, 1.54) is 24.4 Å². The number of nitrogens with zero attached hydrogens (tertiary/aromatic N) is 3. The number of aromatic nitrogens is 3. The van der Waals surface area contributed by atoms with Crippen LogP contribution in [0.1, 0.15) is 54.7 Å². The summed E-state index contributed by atoms with van der Waals surface area (Å²) in [5.74, 6) is -0.0999. The maximum absolute atomic E-state index is 13.5. The molecule has 0 spiro atoms. The molecule has 4 aliphatic carbocycles. The van der Waals surface area contributed by atoms with Crippen molar-refractivity contribution in [1.29, 1.82) is 0 Å². The zero-order valence-electron chi connectivity index (χ0n) is 17.2. The maximum atomic E-state index is 13.5. The minimum absolute atomic E-state index is 0.0650. The van der Waals surface area contributed by atoms with Gasteiger partial charge in [-0.05, 0) is 69.4 Å². The molecule has 0 radical (unpaired) electrons. The molecule has 2 aromatic heterocycles. The molecule has 0 aliphatic heterocycles. The molecule has 4 fully saturated rings. The van der Waals surface area contributed by atoms with Gasteiger partial charge in [0.05, 0.1) is 11.9 Å². The predicted molar refractivity (Wildman–Crippen MR) is 108 cm³/mol. The van der Waals surface area contributed by atoms with E-state index < -0.39 is 23.1 Å². The van der Waals surface area contributed by atoms with Crippen molar-refractivity contribution in [2.45, 2.75) is 56.5 Å². The maximum Gasteiger partial charge on any atom is 0.414 e. The van der Waals surface area contributed by atoms with Crippen molar-refractivity contribution in [1.82, 2.24) is 25.6 Å². The highest BCUT2D eigenvalue weighted by molar-refractivity contribution is 5.92. The molecule has 31 heavy (non-hydrogen) atoms. The average molecular weight is 425 g/mol. The van der Waals surface area contributed by atoms with Gasteiger partial charge < -0.3 is 15.4 Å². The molecule has 2 amide bonds. The van der Waals surface area contributed by atoms with Crippen LogP contribution in [0, 0.1) is 24.7 Å². The zero-order valence-corrected chi connectivity index (χ0v) is 17.2. The van der Waals surface area contributed by atoms with Gasteiger partial charge in [-0.2, -0.15) is 4.39 Å². The van der Waals surface area contributed by atoms with E-state index in [0.29, 0.717) is 24.0 Å². The SMILES string of the molecule is Cc1cncc(OC(=O)NC23CC4CC(C2)CC(NC(=O)c2cccc(F)n2)(C4)C3)n1. The normalized spacial score (nSPS) is 30.6. The third-order valence-corrected chi connectivity index (χ3v) is 6.68. The summed E-state index contributed by atoms with van der Waals surface area (Å²) in [6, 6.07) is 4.20. The first-order valence-electron chi connectivity index (χ1n) is 10.6. The van der Waals surface area contributed by atoms with E-state index in [2.05, 4.69) is 25.6 Å². The van der Waals surface area contributed by atoms with Crippen LogP contribution in [-0.2, 0) is 0 Å². The van der Waals surface area contributed by atoms with E-state index in [0.717, 1.165) is 32.1 Å². The summed E-state index contributed by atoms with van der Waals surface area (Å²) in [5, 5.41) is 6.22. The fourth-order valence-corrected chi connectivity index (χ4v) is 6.22. The number of rotatable bonds is 4. The quantitative estimate of drug-likeness (QED) is 0.730. The minimum atomic E-state index is -0.682. The molecule has 2 unspecified atom stereocenters. The molecule has 4 bridgehead atoms. The van der Waals surface area contributed by atoms with Gasteiger partial charge >= 0.3 is 6.09 Å². The van der Waals surface area contributed by atoms with E-state index in [9.17, 15) is 14.0 Å². The van der Waals surface area contributed by atoms with E-state index in [-0.39, 0.29) is 17.5 Å². The molecular formula is C22H24FN5O3.